The predicted octanol–water partition coefficient (Wildman–Crippen LogP) is 2.26. The van der Waals surface area contributed by atoms with E-state index in [1.807, 2.05) is 6.92 Å². The predicted molar refractivity (Wildman–Crippen MR) is 58.3 cm³/mol. The van der Waals surface area contributed by atoms with Crippen molar-refractivity contribution < 1.29 is 9.53 Å². The van der Waals surface area contributed by atoms with Crippen molar-refractivity contribution in [2.75, 3.05) is 5.73 Å². The van der Waals surface area contributed by atoms with Gasteiger partial charge in [0.2, 0.25) is 0 Å². The highest BCUT2D eigenvalue weighted by Crippen LogP contribution is 2.31. The number of carbonyl (C=O) groups excluding carboxylic acids is 1. The average Bonchev–Trinajstić information content (AvgIpc) is 2.40. The molecule has 4 heteroatoms. The van der Waals surface area contributed by atoms with Crippen molar-refractivity contribution in [1.29, 1.82) is 0 Å². The molecule has 0 unspecified atom stereocenters. The lowest BCUT2D eigenvalue weighted by Crippen LogP contribution is -2.01. The fourth-order valence-electron chi connectivity index (χ4n) is 1.28. The Morgan fingerprint density at radius 2 is 2.21 bits per heavy atom. The number of nitrogen functional groups attached to an aromatic ring is 1. The highest BCUT2D eigenvalue weighted by molar-refractivity contribution is 7.16. The van der Waals surface area contributed by atoms with Crippen LogP contribution in [-0.2, 0) is 22.6 Å². The Morgan fingerprint density at radius 1 is 1.57 bits per heavy atom. The molecule has 0 bridgehead atoms. The number of ether oxygens (including phenoxy) is 1. The summed E-state index contributed by atoms with van der Waals surface area (Å²) in [5.41, 5.74) is 7.92. The number of thiophene rings is 1. The third-order valence-corrected chi connectivity index (χ3v) is 3.44. The van der Waals surface area contributed by atoms with Crippen molar-refractivity contribution in [1.82, 2.24) is 0 Å². The van der Waals surface area contributed by atoms with Gasteiger partial charge in [0.25, 0.3) is 0 Å². The molecule has 0 fully saturated rings. The van der Waals surface area contributed by atoms with Crippen LogP contribution in [0.15, 0.2) is 0 Å². The maximum absolute atomic E-state index is 10.7. The summed E-state index contributed by atoms with van der Waals surface area (Å²) in [5.74, 6) is -0.253. The van der Waals surface area contributed by atoms with Crippen LogP contribution in [0.3, 0.4) is 0 Å². The highest BCUT2D eigenvalue weighted by Gasteiger charge is 2.12. The molecule has 14 heavy (non-hydrogen) atoms. The van der Waals surface area contributed by atoms with E-state index in [-0.39, 0.29) is 5.97 Å². The first-order valence-electron chi connectivity index (χ1n) is 4.56. The van der Waals surface area contributed by atoms with Gasteiger partial charge in [-0.2, -0.15) is 0 Å². The molecule has 1 heterocycles. The molecule has 1 aromatic heterocycles. The van der Waals surface area contributed by atoms with Crippen molar-refractivity contribution in [3.8, 4) is 0 Å². The van der Waals surface area contributed by atoms with E-state index in [1.165, 1.54) is 11.8 Å². The van der Waals surface area contributed by atoms with Gasteiger partial charge < -0.3 is 10.5 Å². The molecule has 0 amide bonds. The molecule has 0 aliphatic heterocycles. The number of rotatable bonds is 3. The molecule has 2 N–H and O–H groups in total. The first-order valence-corrected chi connectivity index (χ1v) is 5.37. The SMILES string of the molecule is CCc1sc(N)c(C)c1COC(C)=O. The molecule has 1 rings (SSSR count). The van der Waals surface area contributed by atoms with Crippen molar-refractivity contribution >= 4 is 22.3 Å². The molecule has 1 aromatic rings. The highest BCUT2D eigenvalue weighted by atomic mass is 32.1. The summed E-state index contributed by atoms with van der Waals surface area (Å²) in [5, 5.41) is 0.823. The molecule has 0 saturated carbocycles. The molecule has 0 aromatic carbocycles. The Labute approximate surface area is 87.9 Å². The van der Waals surface area contributed by atoms with Gasteiger partial charge in [0.05, 0.1) is 5.00 Å². The fraction of sp³-hybridized carbons (Fsp3) is 0.500. The van der Waals surface area contributed by atoms with Crippen LogP contribution in [0.4, 0.5) is 5.00 Å². The first kappa shape index (κ1) is 11.0. The quantitative estimate of drug-likeness (QED) is 0.783. The molecular weight excluding hydrogens is 198 g/mol. The third-order valence-electron chi connectivity index (χ3n) is 2.13. The molecular formula is C10H15NO2S. The second-order valence-electron chi connectivity index (χ2n) is 3.13. The van der Waals surface area contributed by atoms with Crippen LogP contribution in [0.2, 0.25) is 0 Å². The molecule has 0 aliphatic rings. The van der Waals surface area contributed by atoms with E-state index >= 15 is 0 Å². The molecule has 0 radical (unpaired) electrons. The second-order valence-corrected chi connectivity index (χ2v) is 4.26. The lowest BCUT2D eigenvalue weighted by Gasteiger charge is -2.03. The molecule has 0 saturated heterocycles. The van der Waals surface area contributed by atoms with Crippen LogP contribution in [0, 0.1) is 6.92 Å². The molecule has 0 atom stereocenters. The largest absolute Gasteiger partial charge is 0.461 e. The number of carbonyl (C=O) groups is 1. The minimum Gasteiger partial charge on any atom is -0.461 e. The van der Waals surface area contributed by atoms with Crippen molar-refractivity contribution in [2.45, 2.75) is 33.8 Å². The first-order chi connectivity index (χ1) is 6.56. The van der Waals surface area contributed by atoms with E-state index in [4.69, 9.17) is 10.5 Å². The fourth-order valence-corrected chi connectivity index (χ4v) is 2.30. The molecule has 3 nitrogen and oxygen atoms in total. The summed E-state index contributed by atoms with van der Waals surface area (Å²) < 4.78 is 4.98. The number of esters is 1. The lowest BCUT2D eigenvalue weighted by atomic mass is 10.1. The number of hydrogen-bond donors (Lipinski definition) is 1. The minimum absolute atomic E-state index is 0.253. The summed E-state index contributed by atoms with van der Waals surface area (Å²) in [4.78, 5) is 11.9. The smallest absolute Gasteiger partial charge is 0.302 e. The number of hydrogen-bond acceptors (Lipinski definition) is 4. The standard InChI is InChI=1S/C10H15NO2S/c1-4-9-8(5-13-7(3)12)6(2)10(11)14-9/h4-5,11H2,1-3H3. The van der Waals surface area contributed by atoms with Crippen LogP contribution in [0.5, 0.6) is 0 Å². The van der Waals surface area contributed by atoms with Gasteiger partial charge in [-0.05, 0) is 18.9 Å². The summed E-state index contributed by atoms with van der Waals surface area (Å²) in [7, 11) is 0. The molecule has 0 spiro atoms. The van der Waals surface area contributed by atoms with Gasteiger partial charge in [-0.25, -0.2) is 0 Å². The van der Waals surface area contributed by atoms with Crippen molar-refractivity contribution in [2.24, 2.45) is 0 Å². The summed E-state index contributed by atoms with van der Waals surface area (Å²) in [6.45, 7) is 5.79. The average molecular weight is 213 g/mol. The second kappa shape index (κ2) is 4.46. The topological polar surface area (TPSA) is 52.3 Å². The van der Waals surface area contributed by atoms with E-state index in [0.29, 0.717) is 6.61 Å². The maximum atomic E-state index is 10.7. The van der Waals surface area contributed by atoms with Gasteiger partial charge in [-0.1, -0.05) is 6.92 Å². The summed E-state index contributed by atoms with van der Waals surface area (Å²) in [6.07, 6.45) is 0.930. The normalized spacial score (nSPS) is 10.2. The van der Waals surface area contributed by atoms with Crippen LogP contribution >= 0.6 is 11.3 Å². The Balaban J connectivity index is 2.88. The Hall–Kier alpha value is -1.03. The summed E-state index contributed by atoms with van der Waals surface area (Å²) in [6, 6.07) is 0. The van der Waals surface area contributed by atoms with E-state index in [0.717, 1.165) is 22.5 Å². The van der Waals surface area contributed by atoms with Gasteiger partial charge in [0.15, 0.2) is 0 Å². The van der Waals surface area contributed by atoms with Gasteiger partial charge in [-0.3, -0.25) is 4.79 Å². The van der Waals surface area contributed by atoms with Crippen LogP contribution in [-0.4, -0.2) is 5.97 Å². The number of nitrogens with two attached hydrogens (primary N) is 1. The van der Waals surface area contributed by atoms with Crippen LogP contribution in [0.25, 0.3) is 0 Å². The van der Waals surface area contributed by atoms with Crippen LogP contribution < -0.4 is 5.73 Å². The number of anilines is 1. The Kier molecular flexibility index (Phi) is 3.52. The van der Waals surface area contributed by atoms with Crippen LogP contribution in [0.1, 0.15) is 29.9 Å². The summed E-state index contributed by atoms with van der Waals surface area (Å²) >= 11 is 1.58. The maximum Gasteiger partial charge on any atom is 0.302 e. The Morgan fingerprint density at radius 3 is 2.71 bits per heavy atom. The van der Waals surface area contributed by atoms with E-state index < -0.39 is 0 Å². The van der Waals surface area contributed by atoms with Crippen molar-refractivity contribution in [3.05, 3.63) is 16.0 Å². The zero-order valence-corrected chi connectivity index (χ0v) is 9.53. The van der Waals surface area contributed by atoms with E-state index in [1.54, 1.807) is 11.3 Å². The van der Waals surface area contributed by atoms with E-state index in [9.17, 15) is 4.79 Å². The third kappa shape index (κ3) is 2.26. The van der Waals surface area contributed by atoms with Gasteiger partial charge in [0, 0.05) is 17.4 Å². The lowest BCUT2D eigenvalue weighted by molar-refractivity contribution is -0.142. The van der Waals surface area contributed by atoms with Gasteiger partial charge in [-0.15, -0.1) is 11.3 Å². The Bertz CT molecular complexity index is 344. The zero-order valence-electron chi connectivity index (χ0n) is 8.72. The van der Waals surface area contributed by atoms with Gasteiger partial charge >= 0.3 is 5.97 Å². The number of aryl methyl sites for hydroxylation is 1. The van der Waals surface area contributed by atoms with Gasteiger partial charge in [0.1, 0.15) is 6.61 Å². The minimum atomic E-state index is -0.253. The molecule has 0 aliphatic carbocycles. The monoisotopic (exact) mass is 213 g/mol. The zero-order chi connectivity index (χ0) is 10.7. The van der Waals surface area contributed by atoms with E-state index in [2.05, 4.69) is 6.92 Å². The molecule has 78 valence electrons. The van der Waals surface area contributed by atoms with Crippen molar-refractivity contribution in [3.63, 3.8) is 0 Å².